The minimum absolute atomic E-state index is 0.541. The maximum Gasteiger partial charge on any atom is 0.234 e. The summed E-state index contributed by atoms with van der Waals surface area (Å²) < 4.78 is 1.87. The second-order valence-corrected chi connectivity index (χ2v) is 5.68. The molecule has 0 atom stereocenters. The largest absolute Gasteiger partial charge is 0.326 e. The molecule has 0 spiro atoms. The van der Waals surface area contributed by atoms with Gasteiger partial charge in [-0.3, -0.25) is 0 Å². The quantitative estimate of drug-likeness (QED) is 0.783. The summed E-state index contributed by atoms with van der Waals surface area (Å²) >= 11 is 1.56. The standard InChI is InChI=1S/C14H17N5S/c1-2-3-7-12-16-17-14-19(12)18-13(20-14)11-6-4-5-10(8-11)9-15/h4-6,8H,2-3,7,9,15H2,1H3. The highest BCUT2D eigenvalue weighted by molar-refractivity contribution is 7.19. The van der Waals surface area contributed by atoms with Crippen molar-refractivity contribution in [1.29, 1.82) is 0 Å². The Morgan fingerprint density at radius 2 is 2.20 bits per heavy atom. The molecule has 104 valence electrons. The summed E-state index contributed by atoms with van der Waals surface area (Å²) in [6, 6.07) is 8.17. The van der Waals surface area contributed by atoms with Crippen LogP contribution in [-0.2, 0) is 13.0 Å². The van der Waals surface area contributed by atoms with Gasteiger partial charge in [-0.05, 0) is 18.1 Å². The van der Waals surface area contributed by atoms with Crippen molar-refractivity contribution in [3.63, 3.8) is 0 Å². The zero-order chi connectivity index (χ0) is 13.9. The number of aryl methyl sites for hydroxylation is 1. The smallest absolute Gasteiger partial charge is 0.234 e. The lowest BCUT2D eigenvalue weighted by molar-refractivity contribution is 0.723. The Hall–Kier alpha value is -1.79. The molecule has 0 aliphatic rings. The number of benzene rings is 1. The highest BCUT2D eigenvalue weighted by atomic mass is 32.1. The van der Waals surface area contributed by atoms with E-state index in [4.69, 9.17) is 5.73 Å². The second kappa shape index (κ2) is 5.68. The van der Waals surface area contributed by atoms with E-state index in [1.807, 2.05) is 16.6 Å². The van der Waals surface area contributed by atoms with Gasteiger partial charge in [0.1, 0.15) is 5.01 Å². The molecule has 0 aliphatic heterocycles. The fourth-order valence-corrected chi connectivity index (χ4v) is 2.95. The molecule has 0 fully saturated rings. The van der Waals surface area contributed by atoms with Gasteiger partial charge in [0.15, 0.2) is 5.82 Å². The van der Waals surface area contributed by atoms with E-state index in [1.165, 1.54) is 0 Å². The molecule has 0 radical (unpaired) electrons. The van der Waals surface area contributed by atoms with Crippen molar-refractivity contribution in [3.05, 3.63) is 35.7 Å². The summed E-state index contributed by atoms with van der Waals surface area (Å²) in [4.78, 5) is 0.851. The highest BCUT2D eigenvalue weighted by Gasteiger charge is 2.12. The van der Waals surface area contributed by atoms with Crippen molar-refractivity contribution < 1.29 is 0 Å². The van der Waals surface area contributed by atoms with E-state index in [2.05, 4.69) is 34.4 Å². The summed E-state index contributed by atoms with van der Waals surface area (Å²) in [6.07, 6.45) is 3.17. The summed E-state index contributed by atoms with van der Waals surface area (Å²) in [5.41, 5.74) is 7.88. The lowest BCUT2D eigenvalue weighted by Gasteiger charge is -1.99. The third kappa shape index (κ3) is 2.44. The summed E-state index contributed by atoms with van der Waals surface area (Å²) in [6.45, 7) is 2.71. The maximum atomic E-state index is 5.69. The molecule has 0 amide bonds. The van der Waals surface area contributed by atoms with Gasteiger partial charge in [-0.15, -0.1) is 10.2 Å². The van der Waals surface area contributed by atoms with E-state index in [1.54, 1.807) is 11.3 Å². The molecule has 2 N–H and O–H groups in total. The molecule has 0 aliphatic carbocycles. The molecular formula is C14H17N5S. The molecule has 5 nitrogen and oxygen atoms in total. The number of fused-ring (bicyclic) bond motifs is 1. The molecule has 6 heteroatoms. The number of nitrogens with two attached hydrogens (primary N) is 1. The van der Waals surface area contributed by atoms with Gasteiger partial charge in [0.25, 0.3) is 0 Å². The molecule has 0 bridgehead atoms. The van der Waals surface area contributed by atoms with Gasteiger partial charge >= 0.3 is 0 Å². The Labute approximate surface area is 121 Å². The van der Waals surface area contributed by atoms with Crippen LogP contribution in [0.3, 0.4) is 0 Å². The van der Waals surface area contributed by atoms with E-state index in [-0.39, 0.29) is 0 Å². The van der Waals surface area contributed by atoms with Crippen LogP contribution in [-0.4, -0.2) is 19.8 Å². The molecule has 0 unspecified atom stereocenters. The minimum Gasteiger partial charge on any atom is -0.326 e. The molecule has 3 aromatic rings. The highest BCUT2D eigenvalue weighted by Crippen LogP contribution is 2.26. The van der Waals surface area contributed by atoms with Crippen LogP contribution in [0.4, 0.5) is 0 Å². The molecule has 0 saturated carbocycles. The number of nitrogens with zero attached hydrogens (tertiary/aromatic N) is 4. The van der Waals surface area contributed by atoms with Crippen LogP contribution < -0.4 is 5.73 Å². The number of unbranched alkanes of at least 4 members (excludes halogenated alkanes) is 1. The average Bonchev–Trinajstić information content (AvgIpc) is 3.06. The summed E-state index contributed by atoms with van der Waals surface area (Å²) in [5.74, 6) is 0.944. The van der Waals surface area contributed by atoms with E-state index in [9.17, 15) is 0 Å². The van der Waals surface area contributed by atoms with Crippen LogP contribution in [0, 0.1) is 0 Å². The zero-order valence-corrected chi connectivity index (χ0v) is 12.2. The van der Waals surface area contributed by atoms with Gasteiger partial charge in [-0.1, -0.05) is 42.9 Å². The first kappa shape index (κ1) is 13.2. The fraction of sp³-hybridized carbons (Fsp3) is 0.357. The van der Waals surface area contributed by atoms with Crippen molar-refractivity contribution >= 4 is 16.3 Å². The molecule has 0 saturated heterocycles. The number of rotatable bonds is 5. The van der Waals surface area contributed by atoms with E-state index >= 15 is 0 Å². The third-order valence-electron chi connectivity index (χ3n) is 3.22. The first-order valence-corrected chi connectivity index (χ1v) is 7.64. The van der Waals surface area contributed by atoms with Crippen molar-refractivity contribution in [2.75, 3.05) is 0 Å². The van der Waals surface area contributed by atoms with Gasteiger partial charge in [-0.25, -0.2) is 0 Å². The van der Waals surface area contributed by atoms with Crippen LogP contribution >= 0.6 is 11.3 Å². The van der Waals surface area contributed by atoms with E-state index < -0.39 is 0 Å². The van der Waals surface area contributed by atoms with Gasteiger partial charge in [0, 0.05) is 18.5 Å². The van der Waals surface area contributed by atoms with Gasteiger partial charge < -0.3 is 5.73 Å². The van der Waals surface area contributed by atoms with Crippen LogP contribution in [0.25, 0.3) is 15.5 Å². The molecule has 20 heavy (non-hydrogen) atoms. The predicted molar refractivity (Wildman–Crippen MR) is 80.6 cm³/mol. The normalized spacial score (nSPS) is 11.3. The lowest BCUT2D eigenvalue weighted by atomic mass is 10.1. The maximum absolute atomic E-state index is 5.69. The van der Waals surface area contributed by atoms with E-state index in [0.29, 0.717) is 6.54 Å². The third-order valence-corrected chi connectivity index (χ3v) is 4.17. The van der Waals surface area contributed by atoms with Crippen molar-refractivity contribution in [2.24, 2.45) is 5.73 Å². The van der Waals surface area contributed by atoms with Gasteiger partial charge in [-0.2, -0.15) is 9.61 Å². The minimum atomic E-state index is 0.541. The monoisotopic (exact) mass is 287 g/mol. The van der Waals surface area contributed by atoms with Crippen molar-refractivity contribution in [2.45, 2.75) is 32.7 Å². The number of hydrogen-bond acceptors (Lipinski definition) is 5. The van der Waals surface area contributed by atoms with Crippen LogP contribution in [0.15, 0.2) is 24.3 Å². The predicted octanol–water partition coefficient (Wildman–Crippen LogP) is 2.65. The molecular weight excluding hydrogens is 270 g/mol. The second-order valence-electron chi connectivity index (χ2n) is 4.73. The van der Waals surface area contributed by atoms with E-state index in [0.717, 1.165) is 46.2 Å². The Morgan fingerprint density at radius 1 is 1.30 bits per heavy atom. The lowest BCUT2D eigenvalue weighted by Crippen LogP contribution is -1.97. The van der Waals surface area contributed by atoms with Crippen molar-refractivity contribution in [1.82, 2.24) is 19.8 Å². The first-order valence-electron chi connectivity index (χ1n) is 6.82. The number of hydrogen-bond donors (Lipinski definition) is 1. The molecule has 2 heterocycles. The number of aromatic nitrogens is 4. The topological polar surface area (TPSA) is 69.1 Å². The van der Waals surface area contributed by atoms with Crippen LogP contribution in [0.2, 0.25) is 0 Å². The zero-order valence-electron chi connectivity index (χ0n) is 11.4. The Balaban J connectivity index is 1.97. The van der Waals surface area contributed by atoms with Crippen LogP contribution in [0.5, 0.6) is 0 Å². The summed E-state index contributed by atoms with van der Waals surface area (Å²) in [7, 11) is 0. The SMILES string of the molecule is CCCCc1nnc2sc(-c3cccc(CN)c3)nn12. The Morgan fingerprint density at radius 3 is 3.00 bits per heavy atom. The van der Waals surface area contributed by atoms with Crippen LogP contribution in [0.1, 0.15) is 31.2 Å². The first-order chi connectivity index (χ1) is 9.81. The van der Waals surface area contributed by atoms with Gasteiger partial charge in [0.2, 0.25) is 4.96 Å². The van der Waals surface area contributed by atoms with Crippen molar-refractivity contribution in [3.8, 4) is 10.6 Å². The molecule has 1 aromatic carbocycles. The van der Waals surface area contributed by atoms with Gasteiger partial charge in [0.05, 0.1) is 0 Å². The Kier molecular flexibility index (Phi) is 3.75. The average molecular weight is 287 g/mol. The fourth-order valence-electron chi connectivity index (χ4n) is 2.10. The Bertz CT molecular complexity index is 715. The summed E-state index contributed by atoms with van der Waals surface area (Å²) in [5, 5.41) is 14.0. The molecule has 3 rings (SSSR count). The molecule has 2 aromatic heterocycles.